The highest BCUT2D eigenvalue weighted by Gasteiger charge is 2.08. The first kappa shape index (κ1) is 12.0. The van der Waals surface area contributed by atoms with Crippen LogP contribution in [0.25, 0.3) is 0 Å². The SMILES string of the molecule is CNCC(C)CN(C)c1ccncc1C. The van der Waals surface area contributed by atoms with Gasteiger partial charge in [-0.2, -0.15) is 0 Å². The summed E-state index contributed by atoms with van der Waals surface area (Å²) in [5.41, 5.74) is 2.50. The van der Waals surface area contributed by atoms with E-state index in [9.17, 15) is 0 Å². The lowest BCUT2D eigenvalue weighted by Gasteiger charge is -2.24. The molecular formula is C12H21N3. The molecule has 1 unspecified atom stereocenters. The number of anilines is 1. The minimum Gasteiger partial charge on any atom is -0.374 e. The number of pyridine rings is 1. The van der Waals surface area contributed by atoms with E-state index in [1.165, 1.54) is 11.3 Å². The maximum Gasteiger partial charge on any atom is 0.0424 e. The van der Waals surface area contributed by atoms with Gasteiger partial charge in [0.2, 0.25) is 0 Å². The Bertz CT molecular complexity index is 299. The maximum absolute atomic E-state index is 4.10. The summed E-state index contributed by atoms with van der Waals surface area (Å²) in [5.74, 6) is 0.646. The molecule has 0 amide bonds. The third-order valence-electron chi connectivity index (χ3n) is 2.54. The Morgan fingerprint density at radius 3 is 2.87 bits per heavy atom. The van der Waals surface area contributed by atoms with Crippen molar-refractivity contribution < 1.29 is 0 Å². The van der Waals surface area contributed by atoms with E-state index in [2.05, 4.69) is 42.2 Å². The van der Waals surface area contributed by atoms with Crippen molar-refractivity contribution in [2.24, 2.45) is 5.92 Å². The Morgan fingerprint density at radius 1 is 1.53 bits per heavy atom. The van der Waals surface area contributed by atoms with E-state index in [4.69, 9.17) is 0 Å². The number of nitrogens with one attached hydrogen (secondary N) is 1. The third-order valence-corrected chi connectivity index (χ3v) is 2.54. The minimum atomic E-state index is 0.646. The van der Waals surface area contributed by atoms with Crippen LogP contribution >= 0.6 is 0 Å². The van der Waals surface area contributed by atoms with Gasteiger partial charge in [-0.25, -0.2) is 0 Å². The molecule has 3 nitrogen and oxygen atoms in total. The second kappa shape index (κ2) is 5.71. The van der Waals surface area contributed by atoms with Crippen molar-refractivity contribution in [1.82, 2.24) is 10.3 Å². The first-order chi connectivity index (χ1) is 7.15. The van der Waals surface area contributed by atoms with Crippen molar-refractivity contribution in [2.45, 2.75) is 13.8 Å². The summed E-state index contributed by atoms with van der Waals surface area (Å²) in [4.78, 5) is 6.39. The minimum absolute atomic E-state index is 0.646. The summed E-state index contributed by atoms with van der Waals surface area (Å²) in [5, 5.41) is 3.20. The predicted octanol–water partition coefficient (Wildman–Crippen LogP) is 1.68. The van der Waals surface area contributed by atoms with E-state index in [-0.39, 0.29) is 0 Å². The van der Waals surface area contributed by atoms with E-state index < -0.39 is 0 Å². The van der Waals surface area contributed by atoms with Crippen molar-refractivity contribution >= 4 is 5.69 Å². The Balaban J connectivity index is 2.61. The number of aromatic nitrogens is 1. The van der Waals surface area contributed by atoms with Crippen LogP contribution in [0.1, 0.15) is 12.5 Å². The standard InChI is InChI=1S/C12H21N3/c1-10(7-13-3)9-15(4)12-5-6-14-8-11(12)2/h5-6,8,10,13H,7,9H2,1-4H3. The van der Waals surface area contributed by atoms with E-state index in [1.54, 1.807) is 0 Å². The lowest BCUT2D eigenvalue weighted by atomic mass is 10.1. The van der Waals surface area contributed by atoms with Gasteiger partial charge in [0, 0.05) is 31.7 Å². The first-order valence-corrected chi connectivity index (χ1v) is 5.41. The fourth-order valence-corrected chi connectivity index (χ4v) is 1.87. The van der Waals surface area contributed by atoms with Gasteiger partial charge in [0.1, 0.15) is 0 Å². The Morgan fingerprint density at radius 2 is 2.27 bits per heavy atom. The normalized spacial score (nSPS) is 12.5. The number of hydrogen-bond acceptors (Lipinski definition) is 3. The average molecular weight is 207 g/mol. The molecule has 84 valence electrons. The number of rotatable bonds is 5. The molecule has 1 atom stereocenters. The smallest absolute Gasteiger partial charge is 0.0424 e. The van der Waals surface area contributed by atoms with Crippen molar-refractivity contribution in [1.29, 1.82) is 0 Å². The van der Waals surface area contributed by atoms with Gasteiger partial charge in [0.25, 0.3) is 0 Å². The summed E-state index contributed by atoms with van der Waals surface area (Å²) in [6.45, 7) is 6.46. The van der Waals surface area contributed by atoms with Gasteiger partial charge in [0.05, 0.1) is 0 Å². The molecular weight excluding hydrogens is 186 g/mol. The summed E-state index contributed by atoms with van der Waals surface area (Å²) >= 11 is 0. The summed E-state index contributed by atoms with van der Waals surface area (Å²) in [7, 11) is 4.13. The van der Waals surface area contributed by atoms with Crippen LogP contribution in [0.15, 0.2) is 18.5 Å². The molecule has 0 saturated heterocycles. The van der Waals surface area contributed by atoms with Crippen LogP contribution in [0.3, 0.4) is 0 Å². The second-order valence-corrected chi connectivity index (χ2v) is 4.21. The van der Waals surface area contributed by atoms with Gasteiger partial charge in [-0.15, -0.1) is 0 Å². The van der Waals surface area contributed by atoms with Gasteiger partial charge >= 0.3 is 0 Å². The first-order valence-electron chi connectivity index (χ1n) is 5.41. The topological polar surface area (TPSA) is 28.2 Å². The fraction of sp³-hybridized carbons (Fsp3) is 0.583. The maximum atomic E-state index is 4.10. The highest BCUT2D eigenvalue weighted by atomic mass is 15.1. The Labute approximate surface area is 92.5 Å². The molecule has 0 aliphatic carbocycles. The fourth-order valence-electron chi connectivity index (χ4n) is 1.87. The molecule has 1 N–H and O–H groups in total. The zero-order valence-corrected chi connectivity index (χ0v) is 10.1. The van der Waals surface area contributed by atoms with Crippen molar-refractivity contribution in [2.75, 3.05) is 32.1 Å². The number of nitrogens with zero attached hydrogens (tertiary/aromatic N) is 2. The van der Waals surface area contributed by atoms with Gasteiger partial charge in [-0.05, 0) is 38.1 Å². The molecule has 1 aromatic heterocycles. The molecule has 15 heavy (non-hydrogen) atoms. The molecule has 1 rings (SSSR count). The van der Waals surface area contributed by atoms with Gasteiger partial charge in [0.15, 0.2) is 0 Å². The molecule has 0 aromatic carbocycles. The summed E-state index contributed by atoms with van der Waals surface area (Å²) < 4.78 is 0. The number of hydrogen-bond donors (Lipinski definition) is 1. The lowest BCUT2D eigenvalue weighted by Crippen LogP contribution is -2.29. The lowest BCUT2D eigenvalue weighted by molar-refractivity contribution is 0.542. The summed E-state index contributed by atoms with van der Waals surface area (Å²) in [6.07, 6.45) is 3.76. The molecule has 0 aliphatic heterocycles. The molecule has 0 bridgehead atoms. The third kappa shape index (κ3) is 3.51. The molecule has 0 spiro atoms. The Hall–Kier alpha value is -1.09. The quantitative estimate of drug-likeness (QED) is 0.796. The van der Waals surface area contributed by atoms with E-state index >= 15 is 0 Å². The second-order valence-electron chi connectivity index (χ2n) is 4.21. The zero-order valence-electron chi connectivity index (χ0n) is 10.1. The monoisotopic (exact) mass is 207 g/mol. The number of aryl methyl sites for hydroxylation is 1. The van der Waals surface area contributed by atoms with Crippen LogP contribution < -0.4 is 10.2 Å². The van der Waals surface area contributed by atoms with E-state index in [1.807, 2.05) is 19.4 Å². The molecule has 3 heteroatoms. The zero-order chi connectivity index (χ0) is 11.3. The van der Waals surface area contributed by atoms with Gasteiger partial charge < -0.3 is 10.2 Å². The largest absolute Gasteiger partial charge is 0.374 e. The van der Waals surface area contributed by atoms with Crippen LogP contribution in [-0.4, -0.2) is 32.2 Å². The van der Waals surface area contributed by atoms with E-state index in [0.717, 1.165) is 13.1 Å². The van der Waals surface area contributed by atoms with E-state index in [0.29, 0.717) is 5.92 Å². The summed E-state index contributed by atoms with van der Waals surface area (Å²) in [6, 6.07) is 2.07. The van der Waals surface area contributed by atoms with Gasteiger partial charge in [-0.1, -0.05) is 6.92 Å². The molecule has 1 heterocycles. The molecule has 0 fully saturated rings. The average Bonchev–Trinajstić information content (AvgIpc) is 2.18. The van der Waals surface area contributed by atoms with Crippen LogP contribution in [0.5, 0.6) is 0 Å². The molecule has 0 aliphatic rings. The Kier molecular flexibility index (Phi) is 4.56. The van der Waals surface area contributed by atoms with Crippen molar-refractivity contribution in [3.8, 4) is 0 Å². The van der Waals surface area contributed by atoms with Crippen LogP contribution in [-0.2, 0) is 0 Å². The predicted molar refractivity (Wildman–Crippen MR) is 65.3 cm³/mol. The highest BCUT2D eigenvalue weighted by Crippen LogP contribution is 2.17. The van der Waals surface area contributed by atoms with Crippen LogP contribution in [0.4, 0.5) is 5.69 Å². The highest BCUT2D eigenvalue weighted by molar-refractivity contribution is 5.50. The van der Waals surface area contributed by atoms with Crippen LogP contribution in [0.2, 0.25) is 0 Å². The van der Waals surface area contributed by atoms with Crippen molar-refractivity contribution in [3.05, 3.63) is 24.0 Å². The van der Waals surface area contributed by atoms with Gasteiger partial charge in [-0.3, -0.25) is 4.98 Å². The molecule has 1 aromatic rings. The van der Waals surface area contributed by atoms with Crippen molar-refractivity contribution in [3.63, 3.8) is 0 Å². The molecule has 0 saturated carbocycles. The molecule has 0 radical (unpaired) electrons. The van der Waals surface area contributed by atoms with Crippen LogP contribution in [0, 0.1) is 12.8 Å².